The molecule has 0 aliphatic heterocycles. The van der Waals surface area contributed by atoms with Crippen molar-refractivity contribution >= 4 is 51.4 Å². The summed E-state index contributed by atoms with van der Waals surface area (Å²) in [4.78, 5) is 14.8. The molecule has 2 rings (SSSR count). The van der Waals surface area contributed by atoms with Crippen molar-refractivity contribution in [3.63, 3.8) is 0 Å². The number of pyridine rings is 1. The molecule has 0 unspecified atom stereocenters. The molecule has 0 fully saturated rings. The van der Waals surface area contributed by atoms with Gasteiger partial charge in [0, 0.05) is 25.7 Å². The van der Waals surface area contributed by atoms with Crippen LogP contribution in [0.15, 0.2) is 18.3 Å². The van der Waals surface area contributed by atoms with Gasteiger partial charge in [0.25, 0.3) is 0 Å². The van der Waals surface area contributed by atoms with Crippen LogP contribution in [0.3, 0.4) is 0 Å². The Morgan fingerprint density at radius 1 is 1.47 bits per heavy atom. The van der Waals surface area contributed by atoms with Gasteiger partial charge in [0.1, 0.15) is 5.52 Å². The van der Waals surface area contributed by atoms with Crippen LogP contribution < -0.4 is 0 Å². The van der Waals surface area contributed by atoms with Crippen LogP contribution in [-0.4, -0.2) is 11.3 Å². The molecule has 0 atom stereocenters. The molecule has 0 saturated heterocycles. The summed E-state index contributed by atoms with van der Waals surface area (Å²) in [5.41, 5.74) is 0.587. The Kier molecular flexibility index (Phi) is 2.88. The molecule has 2 nitrogen and oxygen atoms in total. The summed E-state index contributed by atoms with van der Waals surface area (Å²) in [6, 6.07) is 2.72. The van der Waals surface area contributed by atoms with Gasteiger partial charge in [-0.2, -0.15) is 0 Å². The predicted octanol–water partition coefficient (Wildman–Crippen LogP) is 3.44. The molecular weight excluding hydrogens is 331 g/mol. The molecule has 0 saturated carbocycles. The van der Waals surface area contributed by atoms with Gasteiger partial charge in [-0.25, -0.2) is 4.39 Å². The summed E-state index contributed by atoms with van der Waals surface area (Å²) in [5.74, 6) is -0.517. The molecule has 76 valence electrons. The molecule has 0 amide bonds. The normalized spacial score (nSPS) is 10.6. The number of hydrogen-bond donors (Lipinski definition) is 0. The second-order valence-electron chi connectivity index (χ2n) is 2.92. The van der Waals surface area contributed by atoms with Gasteiger partial charge in [-0.3, -0.25) is 9.78 Å². The van der Waals surface area contributed by atoms with Crippen LogP contribution >= 0.6 is 34.2 Å². The highest BCUT2D eigenvalue weighted by atomic mass is 127. The largest absolute Gasteiger partial charge is 0.298 e. The summed E-state index contributed by atoms with van der Waals surface area (Å²) < 4.78 is 14.1. The van der Waals surface area contributed by atoms with Crippen molar-refractivity contribution in [1.82, 2.24) is 4.98 Å². The lowest BCUT2D eigenvalue weighted by molar-refractivity contribution is 0.112. The maximum atomic E-state index is 13.4. The Labute approximate surface area is 104 Å². The third kappa shape index (κ3) is 1.83. The van der Waals surface area contributed by atoms with Gasteiger partial charge in [0.15, 0.2) is 12.1 Å². The van der Waals surface area contributed by atoms with Crippen LogP contribution in [0, 0.1) is 9.39 Å². The van der Waals surface area contributed by atoms with Crippen molar-refractivity contribution in [1.29, 1.82) is 0 Å². The number of nitrogens with zero attached hydrogens (tertiary/aromatic N) is 1. The molecular formula is C10H4ClFINO. The Bertz CT molecular complexity index is 559. The third-order valence-electron chi connectivity index (χ3n) is 2.00. The quantitative estimate of drug-likeness (QED) is 0.590. The molecule has 0 bridgehead atoms. The Morgan fingerprint density at radius 3 is 2.87 bits per heavy atom. The molecule has 0 spiro atoms. The SMILES string of the molecule is O=Cc1c(I)cnc2c(F)cc(Cl)cc12. The lowest BCUT2D eigenvalue weighted by Gasteiger charge is -2.04. The van der Waals surface area contributed by atoms with Crippen LogP contribution in [0.5, 0.6) is 0 Å². The number of carbonyl (C=O) groups is 1. The number of rotatable bonds is 1. The fourth-order valence-electron chi connectivity index (χ4n) is 1.34. The maximum absolute atomic E-state index is 13.4. The zero-order valence-electron chi connectivity index (χ0n) is 7.30. The number of aromatic nitrogens is 1. The highest BCUT2D eigenvalue weighted by Gasteiger charge is 2.10. The molecule has 2 aromatic rings. The number of hydrogen-bond acceptors (Lipinski definition) is 2. The van der Waals surface area contributed by atoms with E-state index in [4.69, 9.17) is 11.6 Å². The fraction of sp³-hybridized carbons (Fsp3) is 0. The Balaban J connectivity index is 2.97. The molecule has 1 aromatic heterocycles. The molecule has 0 aliphatic rings. The van der Waals surface area contributed by atoms with Gasteiger partial charge >= 0.3 is 0 Å². The topological polar surface area (TPSA) is 30.0 Å². The first-order valence-corrected chi connectivity index (χ1v) is 5.47. The smallest absolute Gasteiger partial charge is 0.151 e. The van der Waals surface area contributed by atoms with E-state index in [0.29, 0.717) is 20.8 Å². The fourth-order valence-corrected chi connectivity index (χ4v) is 2.10. The van der Waals surface area contributed by atoms with E-state index in [1.165, 1.54) is 12.3 Å². The van der Waals surface area contributed by atoms with E-state index in [1.54, 1.807) is 6.07 Å². The second-order valence-corrected chi connectivity index (χ2v) is 4.52. The summed E-state index contributed by atoms with van der Waals surface area (Å²) >= 11 is 7.69. The number of halogens is 3. The van der Waals surface area contributed by atoms with Crippen LogP contribution in [0.2, 0.25) is 5.02 Å². The molecule has 0 N–H and O–H groups in total. The average molecular weight is 336 g/mol. The van der Waals surface area contributed by atoms with Gasteiger partial charge in [0.05, 0.1) is 0 Å². The van der Waals surface area contributed by atoms with E-state index < -0.39 is 5.82 Å². The Morgan fingerprint density at radius 2 is 2.20 bits per heavy atom. The highest BCUT2D eigenvalue weighted by Crippen LogP contribution is 2.26. The van der Waals surface area contributed by atoms with Gasteiger partial charge in [-0.05, 0) is 34.7 Å². The Hall–Kier alpha value is -0.750. The first-order valence-electron chi connectivity index (χ1n) is 4.02. The monoisotopic (exact) mass is 335 g/mol. The van der Waals surface area contributed by atoms with Crippen molar-refractivity contribution in [2.24, 2.45) is 0 Å². The summed E-state index contributed by atoms with van der Waals surface area (Å²) in [5, 5.41) is 0.703. The van der Waals surface area contributed by atoms with Crippen molar-refractivity contribution < 1.29 is 9.18 Å². The van der Waals surface area contributed by atoms with Crippen molar-refractivity contribution in [3.8, 4) is 0 Å². The van der Waals surface area contributed by atoms with Crippen molar-refractivity contribution in [2.75, 3.05) is 0 Å². The number of fused-ring (bicyclic) bond motifs is 1. The van der Waals surface area contributed by atoms with E-state index >= 15 is 0 Å². The van der Waals surface area contributed by atoms with Crippen molar-refractivity contribution in [2.45, 2.75) is 0 Å². The minimum atomic E-state index is -0.517. The maximum Gasteiger partial charge on any atom is 0.151 e. The third-order valence-corrected chi connectivity index (χ3v) is 3.08. The molecule has 5 heteroatoms. The standard InChI is InChI=1S/C10H4ClFINO/c11-5-1-6-7(4-15)9(13)3-14-10(6)8(12)2-5/h1-4H. The van der Waals surface area contributed by atoms with Gasteiger partial charge in [-0.1, -0.05) is 11.6 Å². The van der Waals surface area contributed by atoms with Crippen LogP contribution in [0.1, 0.15) is 10.4 Å². The van der Waals surface area contributed by atoms with Gasteiger partial charge < -0.3 is 0 Å². The van der Waals surface area contributed by atoms with E-state index in [-0.39, 0.29) is 10.5 Å². The predicted molar refractivity (Wildman–Crippen MR) is 64.8 cm³/mol. The summed E-state index contributed by atoms with van der Waals surface area (Å²) in [7, 11) is 0. The number of aldehydes is 1. The molecule has 0 aliphatic carbocycles. The zero-order chi connectivity index (χ0) is 11.0. The minimum absolute atomic E-state index is 0.168. The van der Waals surface area contributed by atoms with E-state index in [2.05, 4.69) is 4.98 Å². The van der Waals surface area contributed by atoms with Crippen molar-refractivity contribution in [3.05, 3.63) is 38.3 Å². The van der Waals surface area contributed by atoms with Crippen LogP contribution in [0.25, 0.3) is 10.9 Å². The lowest BCUT2D eigenvalue weighted by atomic mass is 10.1. The number of benzene rings is 1. The first-order chi connectivity index (χ1) is 7.13. The lowest BCUT2D eigenvalue weighted by Crippen LogP contribution is -1.93. The van der Waals surface area contributed by atoms with E-state index in [9.17, 15) is 9.18 Å². The van der Waals surface area contributed by atoms with Crippen LogP contribution in [-0.2, 0) is 0 Å². The summed E-state index contributed by atoms with van der Waals surface area (Å²) in [6.45, 7) is 0. The number of carbonyl (C=O) groups excluding carboxylic acids is 1. The molecule has 15 heavy (non-hydrogen) atoms. The average Bonchev–Trinajstić information content (AvgIpc) is 2.17. The van der Waals surface area contributed by atoms with E-state index in [0.717, 1.165) is 0 Å². The summed E-state index contributed by atoms with van der Waals surface area (Å²) in [6.07, 6.45) is 2.14. The molecule has 1 heterocycles. The van der Waals surface area contributed by atoms with Gasteiger partial charge in [-0.15, -0.1) is 0 Å². The van der Waals surface area contributed by atoms with Crippen LogP contribution in [0.4, 0.5) is 4.39 Å². The zero-order valence-corrected chi connectivity index (χ0v) is 10.2. The highest BCUT2D eigenvalue weighted by molar-refractivity contribution is 14.1. The minimum Gasteiger partial charge on any atom is -0.298 e. The van der Waals surface area contributed by atoms with Gasteiger partial charge in [0.2, 0.25) is 0 Å². The second kappa shape index (κ2) is 4.02. The first kappa shape index (κ1) is 10.8. The molecule has 0 radical (unpaired) electrons. The van der Waals surface area contributed by atoms with E-state index in [1.807, 2.05) is 22.6 Å². The molecule has 1 aromatic carbocycles.